The second-order valence-electron chi connectivity index (χ2n) is 7.93. The number of nitriles is 1. The summed E-state index contributed by atoms with van der Waals surface area (Å²) in [4.78, 5) is 0. The van der Waals surface area contributed by atoms with Gasteiger partial charge in [0.25, 0.3) is 0 Å². The van der Waals surface area contributed by atoms with E-state index < -0.39 is 14.4 Å². The van der Waals surface area contributed by atoms with Crippen LogP contribution in [0, 0.1) is 11.3 Å². The van der Waals surface area contributed by atoms with Gasteiger partial charge in [0, 0.05) is 0 Å². The first kappa shape index (κ1) is 19.4. The van der Waals surface area contributed by atoms with Crippen molar-refractivity contribution >= 4 is 8.32 Å². The molecule has 2 aromatic carbocycles. The van der Waals surface area contributed by atoms with Crippen LogP contribution in [0.3, 0.4) is 0 Å². The summed E-state index contributed by atoms with van der Waals surface area (Å²) in [5.41, 5.74) is 3.19. The molecule has 2 aromatic rings. The van der Waals surface area contributed by atoms with Crippen LogP contribution in [0.25, 0.3) is 0 Å². The molecule has 1 N–H and O–H groups in total. The largest absolute Gasteiger partial charge is 0.413 e. The molecule has 0 unspecified atom stereocenters. The van der Waals surface area contributed by atoms with Crippen LogP contribution in [0.15, 0.2) is 48.5 Å². The molecule has 0 amide bonds. The standard InChI is InChI=1S/C21H27NO2Si/c1-21(2,3)25(4,5)24-15-16-9-11-18(12-10-16)20(23)19-8-6-7-17(13-19)14-22/h6-13,20,23H,15H2,1-5H3/t20-/m0/s1. The second kappa shape index (κ2) is 7.53. The molecule has 0 radical (unpaired) electrons. The maximum atomic E-state index is 10.5. The molecule has 0 aliphatic carbocycles. The Morgan fingerprint density at radius 2 is 1.72 bits per heavy atom. The minimum absolute atomic E-state index is 0.189. The molecule has 132 valence electrons. The predicted octanol–water partition coefficient (Wildman–Crippen LogP) is 5.16. The summed E-state index contributed by atoms with van der Waals surface area (Å²) in [6.45, 7) is 11.8. The average molecular weight is 354 g/mol. The molecule has 0 spiro atoms. The molecule has 0 fully saturated rings. The quantitative estimate of drug-likeness (QED) is 0.755. The summed E-state index contributed by atoms with van der Waals surface area (Å²) in [5.74, 6) is 0. The van der Waals surface area contributed by atoms with Crippen molar-refractivity contribution in [3.05, 3.63) is 70.8 Å². The zero-order valence-corrected chi connectivity index (χ0v) is 16.7. The molecular formula is C21H27NO2Si. The fraction of sp³-hybridized carbons (Fsp3) is 0.381. The molecule has 0 aromatic heterocycles. The van der Waals surface area contributed by atoms with E-state index in [1.165, 1.54) is 0 Å². The van der Waals surface area contributed by atoms with Gasteiger partial charge >= 0.3 is 0 Å². The smallest absolute Gasteiger partial charge is 0.192 e. The first-order valence-electron chi connectivity index (χ1n) is 8.55. The van der Waals surface area contributed by atoms with Crippen LogP contribution >= 0.6 is 0 Å². The molecule has 0 aliphatic rings. The number of hydrogen-bond acceptors (Lipinski definition) is 3. The van der Waals surface area contributed by atoms with E-state index in [-0.39, 0.29) is 5.04 Å². The van der Waals surface area contributed by atoms with E-state index in [0.29, 0.717) is 12.2 Å². The first-order chi connectivity index (χ1) is 11.6. The van der Waals surface area contributed by atoms with Gasteiger partial charge in [-0.05, 0) is 47.0 Å². The lowest BCUT2D eigenvalue weighted by atomic mass is 9.99. The van der Waals surface area contributed by atoms with Crippen molar-refractivity contribution in [1.29, 1.82) is 5.26 Å². The number of aliphatic hydroxyl groups is 1. The first-order valence-corrected chi connectivity index (χ1v) is 11.5. The molecule has 0 aliphatic heterocycles. The van der Waals surface area contributed by atoms with Gasteiger partial charge in [-0.15, -0.1) is 0 Å². The Kier molecular flexibility index (Phi) is 5.84. The van der Waals surface area contributed by atoms with Crippen molar-refractivity contribution in [2.75, 3.05) is 0 Å². The fourth-order valence-corrected chi connectivity index (χ4v) is 3.21. The maximum absolute atomic E-state index is 10.5. The van der Waals surface area contributed by atoms with Gasteiger partial charge in [-0.3, -0.25) is 0 Å². The molecule has 25 heavy (non-hydrogen) atoms. The molecule has 0 saturated carbocycles. The van der Waals surface area contributed by atoms with Gasteiger partial charge in [-0.1, -0.05) is 57.2 Å². The Balaban J connectivity index is 2.08. The fourth-order valence-electron chi connectivity index (χ4n) is 2.25. The van der Waals surface area contributed by atoms with Crippen molar-refractivity contribution in [2.24, 2.45) is 0 Å². The second-order valence-corrected chi connectivity index (χ2v) is 12.7. The van der Waals surface area contributed by atoms with E-state index in [9.17, 15) is 5.11 Å². The third kappa shape index (κ3) is 4.79. The van der Waals surface area contributed by atoms with Crippen LogP contribution in [0.2, 0.25) is 18.1 Å². The third-order valence-corrected chi connectivity index (χ3v) is 9.51. The van der Waals surface area contributed by atoms with Gasteiger partial charge < -0.3 is 9.53 Å². The topological polar surface area (TPSA) is 53.2 Å². The van der Waals surface area contributed by atoms with Gasteiger partial charge in [0.1, 0.15) is 6.10 Å². The van der Waals surface area contributed by atoms with Gasteiger partial charge in [-0.2, -0.15) is 5.26 Å². The summed E-state index contributed by atoms with van der Waals surface area (Å²) in [7, 11) is -1.77. The lowest BCUT2D eigenvalue weighted by Crippen LogP contribution is -2.40. The predicted molar refractivity (Wildman–Crippen MR) is 104 cm³/mol. The zero-order chi connectivity index (χ0) is 18.7. The summed E-state index contributed by atoms with van der Waals surface area (Å²) in [6, 6.07) is 17.0. The Morgan fingerprint density at radius 3 is 2.28 bits per heavy atom. The number of benzene rings is 2. The molecular weight excluding hydrogens is 326 g/mol. The van der Waals surface area contributed by atoms with Crippen LogP contribution in [0.5, 0.6) is 0 Å². The summed E-state index contributed by atoms with van der Waals surface area (Å²) < 4.78 is 6.24. The minimum atomic E-state index is -1.77. The molecule has 0 bridgehead atoms. The van der Waals surface area contributed by atoms with E-state index >= 15 is 0 Å². The lowest BCUT2D eigenvalue weighted by Gasteiger charge is -2.36. The Hall–Kier alpha value is -1.93. The van der Waals surface area contributed by atoms with Crippen molar-refractivity contribution in [2.45, 2.75) is 51.6 Å². The van der Waals surface area contributed by atoms with Gasteiger partial charge in [0.05, 0.1) is 18.2 Å². The van der Waals surface area contributed by atoms with Gasteiger partial charge in [0.2, 0.25) is 0 Å². The molecule has 1 atom stereocenters. The zero-order valence-electron chi connectivity index (χ0n) is 15.7. The van der Waals surface area contributed by atoms with Crippen LogP contribution in [-0.4, -0.2) is 13.4 Å². The van der Waals surface area contributed by atoms with Crippen molar-refractivity contribution in [3.63, 3.8) is 0 Å². The van der Waals surface area contributed by atoms with E-state index in [0.717, 1.165) is 16.7 Å². The lowest BCUT2D eigenvalue weighted by molar-refractivity contribution is 0.220. The van der Waals surface area contributed by atoms with Gasteiger partial charge in [-0.25, -0.2) is 0 Å². The van der Waals surface area contributed by atoms with Crippen molar-refractivity contribution < 1.29 is 9.53 Å². The highest BCUT2D eigenvalue weighted by molar-refractivity contribution is 6.74. The van der Waals surface area contributed by atoms with E-state index in [1.807, 2.05) is 30.3 Å². The van der Waals surface area contributed by atoms with Crippen LogP contribution in [-0.2, 0) is 11.0 Å². The Morgan fingerprint density at radius 1 is 1.08 bits per heavy atom. The molecule has 0 saturated heterocycles. The third-order valence-electron chi connectivity index (χ3n) is 5.03. The number of rotatable bonds is 5. The monoisotopic (exact) mass is 353 g/mol. The summed E-state index contributed by atoms with van der Waals surface area (Å²) in [6.07, 6.45) is -0.733. The highest BCUT2D eigenvalue weighted by atomic mass is 28.4. The highest BCUT2D eigenvalue weighted by Crippen LogP contribution is 2.37. The van der Waals surface area contributed by atoms with Crippen LogP contribution < -0.4 is 0 Å². The Bertz CT molecular complexity index is 755. The normalized spacial score (nSPS) is 13.3. The molecule has 2 rings (SSSR count). The maximum Gasteiger partial charge on any atom is 0.192 e. The molecule has 4 heteroatoms. The SMILES string of the molecule is CC(C)(C)[Si](C)(C)OCc1ccc([C@H](O)c2cccc(C#N)c2)cc1. The molecule has 3 nitrogen and oxygen atoms in total. The van der Waals surface area contributed by atoms with E-state index in [2.05, 4.69) is 39.9 Å². The van der Waals surface area contributed by atoms with Crippen molar-refractivity contribution in [1.82, 2.24) is 0 Å². The highest BCUT2D eigenvalue weighted by Gasteiger charge is 2.36. The van der Waals surface area contributed by atoms with E-state index in [4.69, 9.17) is 9.69 Å². The van der Waals surface area contributed by atoms with E-state index in [1.54, 1.807) is 18.2 Å². The minimum Gasteiger partial charge on any atom is -0.413 e. The van der Waals surface area contributed by atoms with Crippen molar-refractivity contribution in [3.8, 4) is 6.07 Å². The number of hydrogen-bond donors (Lipinski definition) is 1. The number of nitrogens with zero attached hydrogens (tertiary/aromatic N) is 1. The van der Waals surface area contributed by atoms with Crippen LogP contribution in [0.1, 0.15) is 49.1 Å². The van der Waals surface area contributed by atoms with Crippen LogP contribution in [0.4, 0.5) is 0 Å². The van der Waals surface area contributed by atoms with Gasteiger partial charge in [0.15, 0.2) is 8.32 Å². The number of aliphatic hydroxyl groups excluding tert-OH is 1. The Labute approximate surface area is 152 Å². The summed E-state index contributed by atoms with van der Waals surface area (Å²) in [5, 5.41) is 19.7. The average Bonchev–Trinajstić information content (AvgIpc) is 2.59. The molecule has 0 heterocycles. The summed E-state index contributed by atoms with van der Waals surface area (Å²) >= 11 is 0.